The van der Waals surface area contributed by atoms with E-state index in [1.165, 1.54) is 0 Å². The fourth-order valence-corrected chi connectivity index (χ4v) is 4.96. The first-order valence-electron chi connectivity index (χ1n) is 8.42. The lowest BCUT2D eigenvalue weighted by atomic mass is 10.0. The maximum absolute atomic E-state index is 12.4. The molecule has 1 aromatic heterocycles. The highest BCUT2D eigenvalue weighted by molar-refractivity contribution is 7.89. The van der Waals surface area contributed by atoms with Crippen LogP contribution in [-0.2, 0) is 21.4 Å². The Bertz CT molecular complexity index is 668. The molecule has 0 radical (unpaired) electrons. The molecule has 0 unspecified atom stereocenters. The summed E-state index contributed by atoms with van der Waals surface area (Å²) in [5, 5.41) is 5.38. The summed E-state index contributed by atoms with van der Waals surface area (Å²) >= 11 is 1.55. The van der Waals surface area contributed by atoms with Crippen LogP contribution in [0.4, 0.5) is 0 Å². The lowest BCUT2D eigenvalue weighted by Gasteiger charge is -2.32. The number of hydrogen-bond donors (Lipinski definition) is 1. The number of nitrogens with one attached hydrogen (secondary N) is 1. The second-order valence-electron chi connectivity index (χ2n) is 6.84. The fourth-order valence-electron chi connectivity index (χ4n) is 2.65. The van der Waals surface area contributed by atoms with Gasteiger partial charge in [-0.3, -0.25) is 4.79 Å². The van der Waals surface area contributed by atoms with Gasteiger partial charge in [0.2, 0.25) is 15.9 Å². The molecule has 0 bridgehead atoms. The maximum atomic E-state index is 12.4. The Morgan fingerprint density at radius 1 is 1.42 bits per heavy atom. The molecular weight excluding hydrogens is 346 g/mol. The quantitative estimate of drug-likeness (QED) is 0.830. The van der Waals surface area contributed by atoms with Gasteiger partial charge in [-0.1, -0.05) is 13.8 Å². The van der Waals surface area contributed by atoms with E-state index >= 15 is 0 Å². The largest absolute Gasteiger partial charge is 0.350 e. The first kappa shape index (κ1) is 19.3. The summed E-state index contributed by atoms with van der Waals surface area (Å²) in [5.41, 5.74) is 0.841. The van der Waals surface area contributed by atoms with E-state index in [1.807, 2.05) is 19.2 Å². The highest BCUT2D eigenvalue weighted by Crippen LogP contribution is 2.31. The summed E-state index contributed by atoms with van der Waals surface area (Å²) in [6.45, 7) is 8.68. The van der Waals surface area contributed by atoms with E-state index in [-0.39, 0.29) is 17.7 Å². The van der Waals surface area contributed by atoms with Gasteiger partial charge in [-0.15, -0.1) is 11.3 Å². The highest BCUT2D eigenvalue weighted by Gasteiger charge is 2.32. The number of carbonyl (C=O) groups is 1. The normalized spacial score (nSPS) is 19.8. The minimum Gasteiger partial charge on any atom is -0.350 e. The van der Waals surface area contributed by atoms with Crippen LogP contribution < -0.4 is 5.32 Å². The Morgan fingerprint density at radius 3 is 2.75 bits per heavy atom. The zero-order valence-corrected chi connectivity index (χ0v) is 16.4. The van der Waals surface area contributed by atoms with Gasteiger partial charge < -0.3 is 5.32 Å². The van der Waals surface area contributed by atoms with Crippen molar-refractivity contribution in [1.82, 2.24) is 14.6 Å². The number of hydrogen-bond acceptors (Lipinski definition) is 5. The summed E-state index contributed by atoms with van der Waals surface area (Å²) in [7, 11) is -3.21. The number of amides is 1. The lowest BCUT2D eigenvalue weighted by molar-refractivity contribution is -0.124. The molecule has 1 amide bonds. The zero-order chi connectivity index (χ0) is 17.9. The molecule has 0 aromatic carbocycles. The minimum atomic E-state index is -3.21. The van der Waals surface area contributed by atoms with Crippen molar-refractivity contribution < 1.29 is 13.2 Å². The van der Waals surface area contributed by atoms with E-state index in [4.69, 9.17) is 0 Å². The van der Waals surface area contributed by atoms with Gasteiger partial charge in [0.25, 0.3) is 0 Å². The first-order valence-corrected chi connectivity index (χ1v) is 10.8. The number of aromatic nitrogens is 1. The topological polar surface area (TPSA) is 79.4 Å². The first-order chi connectivity index (χ1) is 11.2. The van der Waals surface area contributed by atoms with Gasteiger partial charge in [0.15, 0.2) is 0 Å². The van der Waals surface area contributed by atoms with Crippen LogP contribution in [0.2, 0.25) is 0 Å². The van der Waals surface area contributed by atoms with Crippen LogP contribution in [0.3, 0.4) is 0 Å². The molecule has 136 valence electrons. The zero-order valence-electron chi connectivity index (χ0n) is 14.8. The van der Waals surface area contributed by atoms with E-state index in [0.717, 1.165) is 23.5 Å². The number of thiazole rings is 1. The fraction of sp³-hybridized carbons (Fsp3) is 0.750. The Morgan fingerprint density at radius 2 is 2.12 bits per heavy atom. The molecule has 2 heterocycles. The predicted octanol–water partition coefficient (Wildman–Crippen LogP) is 2.33. The van der Waals surface area contributed by atoms with Crippen LogP contribution in [0.15, 0.2) is 5.38 Å². The van der Waals surface area contributed by atoms with Crippen molar-refractivity contribution in [3.05, 3.63) is 16.1 Å². The third kappa shape index (κ3) is 4.55. The maximum Gasteiger partial charge on any atom is 0.222 e. The van der Waals surface area contributed by atoms with Crippen molar-refractivity contribution in [2.24, 2.45) is 5.92 Å². The molecule has 0 aliphatic carbocycles. The smallest absolute Gasteiger partial charge is 0.222 e. The van der Waals surface area contributed by atoms with Crippen molar-refractivity contribution in [2.45, 2.75) is 58.2 Å². The van der Waals surface area contributed by atoms with Crippen molar-refractivity contribution in [2.75, 3.05) is 13.1 Å². The number of rotatable bonds is 6. The molecule has 2 rings (SSSR count). The third-order valence-electron chi connectivity index (χ3n) is 4.23. The molecule has 8 heteroatoms. The standard InChI is InChI=1S/C16H27N3O3S2/c1-11(2)15(20)17-8-14-10-23-16(18-14)13-6-5-7-19(9-13)24(21,22)12(3)4/h10-13H,5-9H2,1-4H3,(H,17,20)/t13-/m1/s1. The molecule has 1 fully saturated rings. The van der Waals surface area contributed by atoms with E-state index in [2.05, 4.69) is 10.3 Å². The van der Waals surface area contributed by atoms with Gasteiger partial charge in [-0.05, 0) is 26.7 Å². The Kier molecular flexibility index (Phi) is 6.39. The summed E-state index contributed by atoms with van der Waals surface area (Å²) in [4.78, 5) is 16.2. The monoisotopic (exact) mass is 373 g/mol. The number of carbonyl (C=O) groups excluding carboxylic acids is 1. The number of piperidine rings is 1. The van der Waals surface area contributed by atoms with E-state index in [1.54, 1.807) is 29.5 Å². The van der Waals surface area contributed by atoms with Crippen LogP contribution in [-0.4, -0.2) is 42.0 Å². The minimum absolute atomic E-state index is 0.0106. The van der Waals surface area contributed by atoms with Gasteiger partial charge in [0.1, 0.15) is 0 Å². The average molecular weight is 374 g/mol. The summed E-state index contributed by atoms with van der Waals surface area (Å²) in [5.74, 6) is 0.111. The molecule has 0 saturated carbocycles. The molecule has 1 N–H and O–H groups in total. The number of sulfonamides is 1. The van der Waals surface area contributed by atoms with E-state index in [0.29, 0.717) is 19.6 Å². The Hall–Kier alpha value is -0.990. The molecule has 1 saturated heterocycles. The van der Waals surface area contributed by atoms with E-state index in [9.17, 15) is 13.2 Å². The SMILES string of the molecule is CC(C)C(=O)NCc1csc([C@@H]2CCCN(S(=O)(=O)C(C)C)C2)n1. The van der Waals surface area contributed by atoms with Crippen molar-refractivity contribution >= 4 is 27.3 Å². The van der Waals surface area contributed by atoms with Crippen LogP contribution in [0, 0.1) is 5.92 Å². The van der Waals surface area contributed by atoms with Crippen LogP contribution in [0.5, 0.6) is 0 Å². The molecule has 0 spiro atoms. The van der Waals surface area contributed by atoms with Gasteiger partial charge in [-0.2, -0.15) is 0 Å². The van der Waals surface area contributed by atoms with Gasteiger partial charge >= 0.3 is 0 Å². The molecule has 1 aliphatic heterocycles. The molecule has 1 aromatic rings. The average Bonchev–Trinajstić information content (AvgIpc) is 3.01. The van der Waals surface area contributed by atoms with Gasteiger partial charge in [0.05, 0.1) is 22.5 Å². The van der Waals surface area contributed by atoms with Crippen molar-refractivity contribution in [3.8, 4) is 0 Å². The summed E-state index contributed by atoms with van der Waals surface area (Å²) in [6, 6.07) is 0. The molecule has 1 atom stereocenters. The predicted molar refractivity (Wildman–Crippen MR) is 96.4 cm³/mol. The van der Waals surface area contributed by atoms with Crippen LogP contribution >= 0.6 is 11.3 Å². The lowest BCUT2D eigenvalue weighted by Crippen LogP contribution is -2.42. The van der Waals surface area contributed by atoms with Crippen LogP contribution in [0.25, 0.3) is 0 Å². The van der Waals surface area contributed by atoms with E-state index < -0.39 is 15.3 Å². The van der Waals surface area contributed by atoms with Crippen molar-refractivity contribution in [1.29, 1.82) is 0 Å². The number of nitrogens with zero attached hydrogens (tertiary/aromatic N) is 2. The summed E-state index contributed by atoms with van der Waals surface area (Å²) in [6.07, 6.45) is 1.81. The second-order valence-corrected chi connectivity index (χ2v) is 10.2. The molecule has 1 aliphatic rings. The molecule has 6 nitrogen and oxygen atoms in total. The summed E-state index contributed by atoms with van der Waals surface area (Å²) < 4.78 is 26.3. The van der Waals surface area contributed by atoms with Gasteiger partial charge in [-0.25, -0.2) is 17.7 Å². The Balaban J connectivity index is 2.01. The molecular formula is C16H27N3O3S2. The highest BCUT2D eigenvalue weighted by atomic mass is 32.2. The van der Waals surface area contributed by atoms with Gasteiger partial charge in [0, 0.05) is 30.3 Å². The Labute approximate surface area is 148 Å². The second kappa shape index (κ2) is 7.93. The van der Waals surface area contributed by atoms with Crippen molar-refractivity contribution in [3.63, 3.8) is 0 Å². The molecule has 24 heavy (non-hydrogen) atoms. The third-order valence-corrected chi connectivity index (χ3v) is 7.53. The van der Waals surface area contributed by atoms with Crippen LogP contribution in [0.1, 0.15) is 57.2 Å².